The first-order valence-electron chi connectivity index (χ1n) is 6.58. The number of aromatic nitrogens is 3. The van der Waals surface area contributed by atoms with Crippen LogP contribution in [0.5, 0.6) is 0 Å². The second-order valence-electron chi connectivity index (χ2n) is 4.69. The SMILES string of the molecule is O=C(O)COC1CCN(C(=O)CCn2cncn2)CC1. The summed E-state index contributed by atoms with van der Waals surface area (Å²) in [7, 11) is 0. The van der Waals surface area contributed by atoms with Crippen LogP contribution in [0, 0.1) is 0 Å². The monoisotopic (exact) mass is 282 g/mol. The Kier molecular flexibility index (Phi) is 5.05. The lowest BCUT2D eigenvalue weighted by Gasteiger charge is -2.31. The summed E-state index contributed by atoms with van der Waals surface area (Å²) in [5.74, 6) is -0.881. The third kappa shape index (κ3) is 4.30. The van der Waals surface area contributed by atoms with Gasteiger partial charge in [-0.05, 0) is 12.8 Å². The summed E-state index contributed by atoms with van der Waals surface area (Å²) in [6.45, 7) is 1.47. The summed E-state index contributed by atoms with van der Waals surface area (Å²) in [4.78, 5) is 28.0. The predicted octanol–water partition coefficient (Wildman–Crippen LogP) is -0.240. The van der Waals surface area contributed by atoms with Crippen LogP contribution < -0.4 is 0 Å². The quantitative estimate of drug-likeness (QED) is 0.773. The largest absolute Gasteiger partial charge is 0.480 e. The molecule has 1 aliphatic rings. The van der Waals surface area contributed by atoms with Crippen molar-refractivity contribution in [2.24, 2.45) is 0 Å². The molecule has 0 radical (unpaired) electrons. The molecule has 1 fully saturated rings. The Morgan fingerprint density at radius 1 is 1.35 bits per heavy atom. The van der Waals surface area contributed by atoms with Gasteiger partial charge in [0.1, 0.15) is 19.3 Å². The molecule has 0 saturated carbocycles. The highest BCUT2D eigenvalue weighted by Crippen LogP contribution is 2.14. The Morgan fingerprint density at radius 3 is 2.70 bits per heavy atom. The van der Waals surface area contributed by atoms with Crippen molar-refractivity contribution in [2.45, 2.75) is 31.9 Å². The Morgan fingerprint density at radius 2 is 2.10 bits per heavy atom. The lowest BCUT2D eigenvalue weighted by atomic mass is 10.1. The first-order chi connectivity index (χ1) is 9.65. The van der Waals surface area contributed by atoms with Gasteiger partial charge in [0.25, 0.3) is 0 Å². The molecule has 0 bridgehead atoms. The normalized spacial score (nSPS) is 16.3. The number of nitrogens with zero attached hydrogens (tertiary/aromatic N) is 4. The lowest BCUT2D eigenvalue weighted by molar-refractivity contribution is -0.146. The van der Waals surface area contributed by atoms with Crippen LogP contribution in [0.2, 0.25) is 0 Å². The van der Waals surface area contributed by atoms with E-state index in [1.165, 1.54) is 6.33 Å². The number of amides is 1. The maximum Gasteiger partial charge on any atom is 0.329 e. The van der Waals surface area contributed by atoms with E-state index < -0.39 is 5.97 Å². The van der Waals surface area contributed by atoms with Crippen molar-refractivity contribution in [1.82, 2.24) is 19.7 Å². The first-order valence-corrected chi connectivity index (χ1v) is 6.58. The lowest BCUT2D eigenvalue weighted by Crippen LogP contribution is -2.41. The number of likely N-dealkylation sites (tertiary alicyclic amines) is 1. The molecule has 0 spiro atoms. The number of piperidine rings is 1. The third-order valence-corrected chi connectivity index (χ3v) is 3.26. The van der Waals surface area contributed by atoms with Crippen molar-refractivity contribution in [1.29, 1.82) is 0 Å². The maximum atomic E-state index is 12.0. The van der Waals surface area contributed by atoms with Crippen LogP contribution in [0.15, 0.2) is 12.7 Å². The highest BCUT2D eigenvalue weighted by Gasteiger charge is 2.23. The van der Waals surface area contributed by atoms with Gasteiger partial charge in [-0.25, -0.2) is 9.78 Å². The molecular weight excluding hydrogens is 264 g/mol. The van der Waals surface area contributed by atoms with Crippen LogP contribution in [-0.4, -0.2) is 62.4 Å². The second-order valence-corrected chi connectivity index (χ2v) is 4.69. The van der Waals surface area contributed by atoms with E-state index >= 15 is 0 Å². The van der Waals surface area contributed by atoms with Crippen molar-refractivity contribution >= 4 is 11.9 Å². The van der Waals surface area contributed by atoms with Crippen molar-refractivity contribution in [3.8, 4) is 0 Å². The Bertz CT molecular complexity index is 440. The predicted molar refractivity (Wildman–Crippen MR) is 67.8 cm³/mol. The van der Waals surface area contributed by atoms with Gasteiger partial charge >= 0.3 is 5.97 Å². The fraction of sp³-hybridized carbons (Fsp3) is 0.667. The van der Waals surface area contributed by atoms with E-state index in [1.54, 1.807) is 15.9 Å². The number of carboxylic acid groups (broad SMARTS) is 1. The summed E-state index contributed by atoms with van der Waals surface area (Å²) in [6.07, 6.45) is 4.72. The van der Waals surface area contributed by atoms with Gasteiger partial charge in [-0.2, -0.15) is 5.10 Å². The molecule has 1 aromatic rings. The molecule has 1 aromatic heterocycles. The van der Waals surface area contributed by atoms with Gasteiger partial charge in [0, 0.05) is 19.5 Å². The summed E-state index contributed by atoms with van der Waals surface area (Å²) in [5, 5.41) is 12.5. The number of carbonyl (C=O) groups excluding carboxylic acids is 1. The zero-order valence-electron chi connectivity index (χ0n) is 11.1. The van der Waals surface area contributed by atoms with Gasteiger partial charge in [-0.15, -0.1) is 0 Å². The summed E-state index contributed by atoms with van der Waals surface area (Å²) >= 11 is 0. The minimum Gasteiger partial charge on any atom is -0.480 e. The molecule has 1 saturated heterocycles. The molecule has 8 heteroatoms. The molecule has 20 heavy (non-hydrogen) atoms. The topological polar surface area (TPSA) is 97.6 Å². The molecular formula is C12H18N4O4. The molecule has 0 unspecified atom stereocenters. The van der Waals surface area contributed by atoms with Crippen LogP contribution in [0.25, 0.3) is 0 Å². The molecule has 0 atom stereocenters. The average molecular weight is 282 g/mol. The van der Waals surface area contributed by atoms with Crippen molar-refractivity contribution in [3.63, 3.8) is 0 Å². The molecule has 0 aromatic carbocycles. The second kappa shape index (κ2) is 6.99. The number of aliphatic carboxylic acids is 1. The van der Waals surface area contributed by atoms with Gasteiger partial charge in [-0.3, -0.25) is 9.48 Å². The van der Waals surface area contributed by atoms with Gasteiger partial charge in [0.2, 0.25) is 5.91 Å². The van der Waals surface area contributed by atoms with E-state index in [1.807, 2.05) is 0 Å². The molecule has 2 rings (SSSR count). The minimum atomic E-state index is -0.962. The molecule has 8 nitrogen and oxygen atoms in total. The Labute approximate surface area is 116 Å². The molecule has 1 amide bonds. The molecule has 0 aliphatic carbocycles. The number of aryl methyl sites for hydroxylation is 1. The Hall–Kier alpha value is -1.96. The third-order valence-electron chi connectivity index (χ3n) is 3.26. The van der Waals surface area contributed by atoms with Gasteiger partial charge in [0.05, 0.1) is 12.6 Å². The number of hydrogen-bond acceptors (Lipinski definition) is 5. The van der Waals surface area contributed by atoms with E-state index in [0.717, 1.165) is 0 Å². The standard InChI is InChI=1S/C12H18N4O4/c17-11(3-6-16-9-13-8-14-16)15-4-1-10(2-5-15)20-7-12(18)19/h8-10H,1-7H2,(H,18,19). The fourth-order valence-electron chi connectivity index (χ4n) is 2.18. The van der Waals surface area contributed by atoms with E-state index in [2.05, 4.69) is 10.1 Å². The number of rotatable bonds is 6. The van der Waals surface area contributed by atoms with Crippen LogP contribution in [0.1, 0.15) is 19.3 Å². The van der Waals surface area contributed by atoms with E-state index in [-0.39, 0.29) is 18.6 Å². The van der Waals surface area contributed by atoms with Crippen molar-refractivity contribution in [3.05, 3.63) is 12.7 Å². The summed E-state index contributed by atoms with van der Waals surface area (Å²) in [6, 6.07) is 0. The highest BCUT2D eigenvalue weighted by atomic mass is 16.5. The highest BCUT2D eigenvalue weighted by molar-refractivity contribution is 5.76. The smallest absolute Gasteiger partial charge is 0.329 e. The van der Waals surface area contributed by atoms with E-state index in [9.17, 15) is 9.59 Å². The molecule has 1 N–H and O–H groups in total. The van der Waals surface area contributed by atoms with Crippen LogP contribution in [-0.2, 0) is 20.9 Å². The fourth-order valence-corrected chi connectivity index (χ4v) is 2.18. The Balaban J connectivity index is 1.67. The molecule has 1 aliphatic heterocycles. The van der Waals surface area contributed by atoms with Gasteiger partial charge in [0.15, 0.2) is 0 Å². The zero-order chi connectivity index (χ0) is 14.4. The van der Waals surface area contributed by atoms with E-state index in [0.29, 0.717) is 38.9 Å². The number of hydrogen-bond donors (Lipinski definition) is 1. The summed E-state index contributed by atoms with van der Waals surface area (Å²) < 4.78 is 6.86. The minimum absolute atomic E-state index is 0.0644. The molecule has 110 valence electrons. The average Bonchev–Trinajstić information content (AvgIpc) is 2.96. The van der Waals surface area contributed by atoms with E-state index in [4.69, 9.17) is 9.84 Å². The van der Waals surface area contributed by atoms with Gasteiger partial charge < -0.3 is 14.7 Å². The van der Waals surface area contributed by atoms with Crippen LogP contribution in [0.4, 0.5) is 0 Å². The summed E-state index contributed by atoms with van der Waals surface area (Å²) in [5.41, 5.74) is 0. The zero-order valence-corrected chi connectivity index (χ0v) is 11.1. The number of carbonyl (C=O) groups is 2. The number of carboxylic acids is 1. The van der Waals surface area contributed by atoms with Crippen LogP contribution in [0.3, 0.4) is 0 Å². The number of ether oxygens (including phenoxy) is 1. The molecule has 2 heterocycles. The maximum absolute atomic E-state index is 12.0. The van der Waals surface area contributed by atoms with Crippen molar-refractivity contribution < 1.29 is 19.4 Å². The van der Waals surface area contributed by atoms with Crippen molar-refractivity contribution in [2.75, 3.05) is 19.7 Å². The van der Waals surface area contributed by atoms with Crippen LogP contribution >= 0.6 is 0 Å². The first kappa shape index (κ1) is 14.4. The van der Waals surface area contributed by atoms with Gasteiger partial charge in [-0.1, -0.05) is 0 Å².